The van der Waals surface area contributed by atoms with Crippen LogP contribution < -0.4 is 0 Å². The van der Waals surface area contributed by atoms with Crippen molar-refractivity contribution >= 4 is 5.91 Å². The number of hydrogen-bond donors (Lipinski definition) is 2. The summed E-state index contributed by atoms with van der Waals surface area (Å²) in [6.07, 6.45) is 0. The van der Waals surface area contributed by atoms with Gasteiger partial charge < -0.3 is 20.0 Å². The molecule has 0 unspecified atom stereocenters. The monoisotopic (exact) mass is 280 g/mol. The number of amides is 1. The average molecular weight is 280 g/mol. The second kappa shape index (κ2) is 7.14. The Kier molecular flexibility index (Phi) is 5.82. The molecule has 0 aromatic heterocycles. The SMILES string of the molecule is CC(C)CN(CCN(C)C)C(=O)c1cc(O)cc(O)c1. The zero-order chi connectivity index (χ0) is 15.3. The highest BCUT2D eigenvalue weighted by Gasteiger charge is 2.18. The molecule has 0 radical (unpaired) electrons. The standard InChI is InChI=1S/C15H24N2O3/c1-11(2)10-17(6-5-16(3)4)15(20)12-7-13(18)9-14(19)8-12/h7-9,11,18-19H,5-6,10H2,1-4H3. The summed E-state index contributed by atoms with van der Waals surface area (Å²) in [5.74, 6) is -0.0327. The van der Waals surface area contributed by atoms with Crippen molar-refractivity contribution in [3.8, 4) is 11.5 Å². The van der Waals surface area contributed by atoms with Crippen LogP contribution in [0.5, 0.6) is 11.5 Å². The van der Waals surface area contributed by atoms with Crippen molar-refractivity contribution in [2.75, 3.05) is 33.7 Å². The van der Waals surface area contributed by atoms with Gasteiger partial charge in [-0.15, -0.1) is 0 Å². The molecule has 0 saturated carbocycles. The van der Waals surface area contributed by atoms with E-state index in [9.17, 15) is 15.0 Å². The average Bonchev–Trinajstić information content (AvgIpc) is 2.31. The lowest BCUT2D eigenvalue weighted by molar-refractivity contribution is 0.0724. The Balaban J connectivity index is 2.90. The molecule has 5 heteroatoms. The molecule has 0 atom stereocenters. The van der Waals surface area contributed by atoms with E-state index in [1.54, 1.807) is 4.90 Å². The molecular weight excluding hydrogens is 256 g/mol. The molecule has 0 aliphatic rings. The van der Waals surface area contributed by atoms with E-state index in [0.29, 0.717) is 24.6 Å². The normalized spacial score (nSPS) is 11.1. The van der Waals surface area contributed by atoms with Gasteiger partial charge in [0.2, 0.25) is 0 Å². The lowest BCUT2D eigenvalue weighted by atomic mass is 10.1. The highest BCUT2D eigenvalue weighted by molar-refractivity contribution is 5.95. The van der Waals surface area contributed by atoms with Crippen LogP contribution in [0.1, 0.15) is 24.2 Å². The zero-order valence-electron chi connectivity index (χ0n) is 12.6. The van der Waals surface area contributed by atoms with E-state index >= 15 is 0 Å². The van der Waals surface area contributed by atoms with Gasteiger partial charge >= 0.3 is 0 Å². The van der Waals surface area contributed by atoms with Crippen molar-refractivity contribution in [2.45, 2.75) is 13.8 Å². The molecule has 0 bridgehead atoms. The fourth-order valence-corrected chi connectivity index (χ4v) is 1.94. The minimum atomic E-state index is -0.174. The molecule has 0 aliphatic heterocycles. The van der Waals surface area contributed by atoms with Crippen LogP contribution in [-0.4, -0.2) is 59.6 Å². The number of likely N-dealkylation sites (N-methyl/N-ethyl adjacent to an activating group) is 1. The summed E-state index contributed by atoms with van der Waals surface area (Å²) in [6, 6.07) is 3.97. The van der Waals surface area contributed by atoms with Crippen LogP contribution in [0.3, 0.4) is 0 Å². The molecule has 1 aromatic rings. The molecule has 0 aliphatic carbocycles. The van der Waals surface area contributed by atoms with Gasteiger partial charge in [0, 0.05) is 31.3 Å². The maximum absolute atomic E-state index is 12.5. The van der Waals surface area contributed by atoms with Crippen LogP contribution in [0, 0.1) is 5.92 Å². The van der Waals surface area contributed by atoms with Gasteiger partial charge in [-0.2, -0.15) is 0 Å². The third kappa shape index (κ3) is 5.09. The Labute approximate surface area is 120 Å². The van der Waals surface area contributed by atoms with Gasteiger partial charge in [-0.05, 0) is 32.1 Å². The van der Waals surface area contributed by atoms with E-state index in [1.807, 2.05) is 19.0 Å². The maximum atomic E-state index is 12.5. The summed E-state index contributed by atoms with van der Waals surface area (Å²) < 4.78 is 0. The number of aromatic hydroxyl groups is 2. The van der Waals surface area contributed by atoms with E-state index in [1.165, 1.54) is 18.2 Å². The van der Waals surface area contributed by atoms with Gasteiger partial charge in [0.15, 0.2) is 0 Å². The smallest absolute Gasteiger partial charge is 0.254 e. The summed E-state index contributed by atoms with van der Waals surface area (Å²) in [4.78, 5) is 16.2. The summed E-state index contributed by atoms with van der Waals surface area (Å²) in [7, 11) is 3.91. The Bertz CT molecular complexity index is 438. The first kappa shape index (κ1) is 16.3. The predicted octanol–water partition coefficient (Wildman–Crippen LogP) is 1.76. The van der Waals surface area contributed by atoms with Gasteiger partial charge in [-0.3, -0.25) is 4.79 Å². The molecule has 1 amide bonds. The minimum absolute atomic E-state index is 0.106. The first-order valence-electron chi connectivity index (χ1n) is 6.76. The number of benzene rings is 1. The van der Waals surface area contributed by atoms with Crippen molar-refractivity contribution < 1.29 is 15.0 Å². The summed E-state index contributed by atoms with van der Waals surface area (Å²) >= 11 is 0. The molecule has 0 saturated heterocycles. The third-order valence-corrected chi connectivity index (χ3v) is 2.84. The molecule has 112 valence electrons. The minimum Gasteiger partial charge on any atom is -0.508 e. The Hall–Kier alpha value is -1.75. The number of carbonyl (C=O) groups excluding carboxylic acids is 1. The van der Waals surface area contributed by atoms with Crippen molar-refractivity contribution in [2.24, 2.45) is 5.92 Å². The van der Waals surface area contributed by atoms with E-state index in [0.717, 1.165) is 6.54 Å². The van der Waals surface area contributed by atoms with E-state index < -0.39 is 0 Å². The number of rotatable bonds is 6. The molecule has 5 nitrogen and oxygen atoms in total. The first-order chi connectivity index (χ1) is 9.29. The maximum Gasteiger partial charge on any atom is 0.254 e. The fourth-order valence-electron chi connectivity index (χ4n) is 1.94. The van der Waals surface area contributed by atoms with Crippen LogP contribution in [0.15, 0.2) is 18.2 Å². The number of phenolic OH excluding ortho intramolecular Hbond substituents is 2. The molecule has 20 heavy (non-hydrogen) atoms. The van der Waals surface area contributed by atoms with Gasteiger partial charge in [0.1, 0.15) is 11.5 Å². The molecule has 1 aromatic carbocycles. The van der Waals surface area contributed by atoms with Crippen molar-refractivity contribution in [1.82, 2.24) is 9.80 Å². The summed E-state index contributed by atoms with van der Waals surface area (Å²) in [5, 5.41) is 19.0. The van der Waals surface area contributed by atoms with Crippen molar-refractivity contribution in [3.63, 3.8) is 0 Å². The Morgan fingerprint density at radius 3 is 2.10 bits per heavy atom. The fraction of sp³-hybridized carbons (Fsp3) is 0.533. The van der Waals surface area contributed by atoms with Gasteiger partial charge in [-0.25, -0.2) is 0 Å². The number of carbonyl (C=O) groups is 1. The van der Waals surface area contributed by atoms with Crippen LogP contribution in [-0.2, 0) is 0 Å². The van der Waals surface area contributed by atoms with E-state index in [2.05, 4.69) is 13.8 Å². The van der Waals surface area contributed by atoms with E-state index in [-0.39, 0.29) is 17.4 Å². The second-order valence-corrected chi connectivity index (χ2v) is 5.69. The van der Waals surface area contributed by atoms with Crippen LogP contribution in [0.25, 0.3) is 0 Å². The topological polar surface area (TPSA) is 64.0 Å². The molecular formula is C15H24N2O3. The van der Waals surface area contributed by atoms with E-state index in [4.69, 9.17) is 0 Å². The molecule has 2 N–H and O–H groups in total. The lowest BCUT2D eigenvalue weighted by Crippen LogP contribution is -2.39. The van der Waals surface area contributed by atoms with Crippen molar-refractivity contribution in [3.05, 3.63) is 23.8 Å². The van der Waals surface area contributed by atoms with Crippen LogP contribution >= 0.6 is 0 Å². The van der Waals surface area contributed by atoms with Crippen LogP contribution in [0.4, 0.5) is 0 Å². The van der Waals surface area contributed by atoms with Crippen molar-refractivity contribution in [1.29, 1.82) is 0 Å². The summed E-state index contributed by atoms with van der Waals surface area (Å²) in [5.41, 5.74) is 0.307. The number of hydrogen-bond acceptors (Lipinski definition) is 4. The summed E-state index contributed by atoms with van der Waals surface area (Å²) in [6.45, 7) is 6.12. The van der Waals surface area contributed by atoms with Gasteiger partial charge in [-0.1, -0.05) is 13.8 Å². The molecule has 0 fully saturated rings. The van der Waals surface area contributed by atoms with Crippen LogP contribution in [0.2, 0.25) is 0 Å². The number of phenols is 2. The Morgan fingerprint density at radius 2 is 1.65 bits per heavy atom. The quantitative estimate of drug-likeness (QED) is 0.833. The Morgan fingerprint density at radius 1 is 1.10 bits per heavy atom. The zero-order valence-corrected chi connectivity index (χ0v) is 12.6. The molecule has 1 rings (SSSR count). The van der Waals surface area contributed by atoms with Gasteiger partial charge in [0.25, 0.3) is 5.91 Å². The largest absolute Gasteiger partial charge is 0.508 e. The lowest BCUT2D eigenvalue weighted by Gasteiger charge is -2.26. The van der Waals surface area contributed by atoms with Gasteiger partial charge in [0.05, 0.1) is 0 Å². The highest BCUT2D eigenvalue weighted by Crippen LogP contribution is 2.21. The number of nitrogens with zero attached hydrogens (tertiary/aromatic N) is 2. The highest BCUT2D eigenvalue weighted by atomic mass is 16.3. The second-order valence-electron chi connectivity index (χ2n) is 5.69. The first-order valence-corrected chi connectivity index (χ1v) is 6.76. The predicted molar refractivity (Wildman–Crippen MR) is 79.1 cm³/mol. The molecule has 0 spiro atoms. The molecule has 0 heterocycles. The third-order valence-electron chi connectivity index (χ3n) is 2.84.